The quantitative estimate of drug-likeness (QED) is 0.208. The maximum absolute atomic E-state index is 5.13. The molecule has 0 saturated carbocycles. The summed E-state index contributed by atoms with van der Waals surface area (Å²) in [5.41, 5.74) is 7.64. The molecule has 0 spiro atoms. The van der Waals surface area contributed by atoms with E-state index >= 15 is 0 Å². The number of nitrogens with one attached hydrogen (secondary N) is 1. The number of H-pyrrole nitrogens is 1. The third-order valence-electron chi connectivity index (χ3n) is 7.05. The van der Waals surface area contributed by atoms with Crippen LogP contribution in [0, 0.1) is 5.41 Å². The molecule has 5 rings (SSSR count). The van der Waals surface area contributed by atoms with Crippen LogP contribution in [0.1, 0.15) is 111 Å². The summed E-state index contributed by atoms with van der Waals surface area (Å²) < 4.78 is 2.02. The zero-order chi connectivity index (χ0) is 29.4. The van der Waals surface area contributed by atoms with Gasteiger partial charge in [-0.1, -0.05) is 62.3 Å². The first-order valence-electron chi connectivity index (χ1n) is 14.0. The Morgan fingerprint density at radius 3 is 1.88 bits per heavy atom. The van der Waals surface area contributed by atoms with Gasteiger partial charge in [-0.05, 0) is 61.4 Å². The molecule has 1 N–H and O–H groups in total. The van der Waals surface area contributed by atoms with Gasteiger partial charge in [-0.15, -0.1) is 10.2 Å². The molecule has 8 bridgehead atoms. The largest absolute Gasteiger partial charge is 0.355 e. The third kappa shape index (κ3) is 5.97. The van der Waals surface area contributed by atoms with Crippen LogP contribution in [-0.2, 0) is 35.8 Å². The van der Waals surface area contributed by atoms with Crippen molar-refractivity contribution in [3.63, 3.8) is 0 Å². The fourth-order valence-corrected chi connectivity index (χ4v) is 5.30. The van der Waals surface area contributed by atoms with Crippen molar-refractivity contribution in [3.8, 4) is 0 Å². The maximum Gasteiger partial charge on any atom is 0.254 e. The fraction of sp³-hybridized carbons (Fsp3) is 0.500. The van der Waals surface area contributed by atoms with Crippen molar-refractivity contribution < 1.29 is 19.5 Å². The van der Waals surface area contributed by atoms with E-state index in [2.05, 4.69) is 110 Å². The van der Waals surface area contributed by atoms with Crippen LogP contribution in [0.2, 0.25) is 0 Å². The Hall–Kier alpha value is -3.06. The van der Waals surface area contributed by atoms with Crippen LogP contribution < -0.4 is 0 Å². The minimum atomic E-state index is -0.327. The summed E-state index contributed by atoms with van der Waals surface area (Å²) in [6.07, 6.45) is 4.04. The van der Waals surface area contributed by atoms with Crippen molar-refractivity contribution in [2.75, 3.05) is 0 Å². The van der Waals surface area contributed by atoms with E-state index in [-0.39, 0.29) is 41.3 Å². The molecule has 0 fully saturated rings. The van der Waals surface area contributed by atoms with Gasteiger partial charge in [0.05, 0.1) is 22.8 Å². The smallest absolute Gasteiger partial charge is 0.254 e. The summed E-state index contributed by atoms with van der Waals surface area (Å²) in [5.74, 6) is 0.860. The number of fused-ring (bicyclic) bond motifs is 8. The monoisotopic (exact) mass is 602 g/mol. The van der Waals surface area contributed by atoms with Gasteiger partial charge in [0.1, 0.15) is 0 Å². The van der Waals surface area contributed by atoms with Gasteiger partial charge in [0.25, 0.3) is 11.7 Å². The maximum atomic E-state index is 5.13. The van der Waals surface area contributed by atoms with Crippen molar-refractivity contribution in [3.05, 3.63) is 46.4 Å². The van der Waals surface area contributed by atoms with E-state index in [1.165, 1.54) is 5.56 Å². The van der Waals surface area contributed by atoms with Gasteiger partial charge < -0.3 is 4.98 Å². The molecule has 2 aliphatic heterocycles. The Kier molecular flexibility index (Phi) is 7.57. The second kappa shape index (κ2) is 10.0. The number of aromatic nitrogens is 7. The molecule has 212 valence electrons. The van der Waals surface area contributed by atoms with E-state index in [0.717, 1.165) is 39.4 Å². The number of aromatic amines is 1. The van der Waals surface area contributed by atoms with Crippen molar-refractivity contribution in [1.82, 2.24) is 34.7 Å². The Morgan fingerprint density at radius 1 is 0.683 bits per heavy atom. The number of aliphatic imine (C=N–C) groups is 1. The van der Waals surface area contributed by atoms with Crippen molar-refractivity contribution >= 4 is 46.3 Å². The van der Waals surface area contributed by atoms with Crippen LogP contribution in [0.3, 0.4) is 0 Å². The van der Waals surface area contributed by atoms with E-state index in [9.17, 15) is 0 Å². The molecule has 41 heavy (non-hydrogen) atoms. The standard InChI is InChI=1S/C32H42N8.Zn/c1-29(2,3)21-16-20-15-18-13-14-19(33-18)17-22-38-39-28(40(22)32(10,11)12)37-27-35-25(26(36-27)31(7,8)9)23(24(21)34-20)30(4,5)6;/h13-17,34H,1-12H3;. The van der Waals surface area contributed by atoms with Crippen LogP contribution in [0.25, 0.3) is 34.6 Å². The molecular weight excluding hydrogens is 562 g/mol. The molecule has 0 atom stereocenters. The number of rotatable bonds is 0. The first-order valence-corrected chi connectivity index (χ1v) is 14.0. The summed E-state index contributed by atoms with van der Waals surface area (Å²) in [5, 5.41) is 8.96. The SMILES string of the molecule is CC(C)(C)C1=Nc2nc1c(C(C)(C)C)c1[nH]c(cc3nc(cc4nnc(n2)n4C(C)(C)C)C=C3)cc1C(C)(C)C.[Zn]. The van der Waals surface area contributed by atoms with Gasteiger partial charge >= 0.3 is 0 Å². The molecule has 8 nitrogen and oxygen atoms in total. The van der Waals surface area contributed by atoms with Crippen LogP contribution in [0.4, 0.5) is 5.95 Å². The molecule has 0 aliphatic carbocycles. The average molecular weight is 604 g/mol. The fourth-order valence-electron chi connectivity index (χ4n) is 5.30. The van der Waals surface area contributed by atoms with Crippen molar-refractivity contribution in [2.24, 2.45) is 10.4 Å². The van der Waals surface area contributed by atoms with Crippen molar-refractivity contribution in [2.45, 2.75) is 99.5 Å². The second-order valence-corrected chi connectivity index (χ2v) is 14.9. The van der Waals surface area contributed by atoms with E-state index in [0.29, 0.717) is 17.4 Å². The molecule has 2 aliphatic rings. The molecule has 9 heteroatoms. The van der Waals surface area contributed by atoms with E-state index in [1.807, 2.05) is 22.8 Å². The van der Waals surface area contributed by atoms with Gasteiger partial charge in [-0.3, -0.25) is 4.57 Å². The molecule has 5 heterocycles. The first-order chi connectivity index (χ1) is 18.3. The molecule has 0 aromatic carbocycles. The predicted molar refractivity (Wildman–Crippen MR) is 165 cm³/mol. The number of hydrogen-bond acceptors (Lipinski definition) is 6. The van der Waals surface area contributed by atoms with E-state index in [1.54, 1.807) is 0 Å². The van der Waals surface area contributed by atoms with Crippen molar-refractivity contribution in [1.29, 1.82) is 0 Å². The van der Waals surface area contributed by atoms with Crippen LogP contribution in [0.5, 0.6) is 0 Å². The van der Waals surface area contributed by atoms with E-state index < -0.39 is 0 Å². The average Bonchev–Trinajstić information content (AvgIpc) is 3.53. The Morgan fingerprint density at radius 2 is 1.32 bits per heavy atom. The van der Waals surface area contributed by atoms with Gasteiger partial charge in [0, 0.05) is 53.1 Å². The zero-order valence-corrected chi connectivity index (χ0v) is 29.7. The van der Waals surface area contributed by atoms with Crippen LogP contribution in [0.15, 0.2) is 23.2 Å². The third-order valence-corrected chi connectivity index (χ3v) is 7.05. The molecular formula is C32H42N8Zn. The minimum absolute atomic E-state index is 0. The van der Waals surface area contributed by atoms with Crippen LogP contribution >= 0.6 is 0 Å². The summed E-state index contributed by atoms with van der Waals surface area (Å²) in [4.78, 5) is 23.7. The normalized spacial score (nSPS) is 14.2. The number of hydrogen-bond donors (Lipinski definition) is 1. The molecule has 0 amide bonds. The molecule has 0 radical (unpaired) electrons. The summed E-state index contributed by atoms with van der Waals surface area (Å²) in [6.45, 7) is 26.3. The summed E-state index contributed by atoms with van der Waals surface area (Å²) >= 11 is 0. The summed E-state index contributed by atoms with van der Waals surface area (Å²) in [6, 6.07) is 6.30. The molecule has 0 unspecified atom stereocenters. The Labute approximate surface area is 256 Å². The molecule has 3 aromatic heterocycles. The van der Waals surface area contributed by atoms with Gasteiger partial charge in [-0.2, -0.15) is 4.98 Å². The predicted octanol–water partition coefficient (Wildman–Crippen LogP) is 7.66. The van der Waals surface area contributed by atoms with E-state index in [4.69, 9.17) is 19.9 Å². The van der Waals surface area contributed by atoms with Gasteiger partial charge in [-0.25, -0.2) is 15.0 Å². The Balaban J connectivity index is 0.00000387. The number of nitrogens with zero attached hydrogens (tertiary/aromatic N) is 7. The van der Waals surface area contributed by atoms with Gasteiger partial charge in [0.2, 0.25) is 0 Å². The molecule has 3 aromatic rings. The second-order valence-electron chi connectivity index (χ2n) is 14.9. The first kappa shape index (κ1) is 30.9. The topological polar surface area (TPSA) is 97.5 Å². The zero-order valence-electron chi connectivity index (χ0n) is 26.7. The van der Waals surface area contributed by atoms with Crippen LogP contribution in [-0.4, -0.2) is 40.4 Å². The minimum Gasteiger partial charge on any atom is -0.355 e. The van der Waals surface area contributed by atoms with Gasteiger partial charge in [0.15, 0.2) is 5.65 Å². The Bertz CT molecular complexity index is 1730. The summed E-state index contributed by atoms with van der Waals surface area (Å²) in [7, 11) is 0. The molecule has 0 saturated heterocycles.